The summed E-state index contributed by atoms with van der Waals surface area (Å²) in [7, 11) is 1.78. The van der Waals surface area contributed by atoms with E-state index in [4.69, 9.17) is 11.6 Å². The zero-order chi connectivity index (χ0) is 11.3. The quantitative estimate of drug-likeness (QED) is 0.835. The van der Waals surface area contributed by atoms with Gasteiger partial charge in [0.25, 0.3) is 0 Å². The number of aromatic nitrogens is 2. The number of nitrogens with zero attached hydrogens (tertiary/aromatic N) is 2. The van der Waals surface area contributed by atoms with E-state index in [2.05, 4.69) is 33.8 Å². The molecule has 1 unspecified atom stereocenters. The Balaban J connectivity index is 2.74. The Morgan fingerprint density at radius 3 is 2.93 bits per heavy atom. The lowest BCUT2D eigenvalue weighted by Gasteiger charge is -2.14. The largest absolute Gasteiger partial charge is 0.365 e. The molecule has 0 spiro atoms. The molecule has 1 aromatic heterocycles. The van der Waals surface area contributed by atoms with Crippen molar-refractivity contribution in [2.75, 3.05) is 29.7 Å². The topological polar surface area (TPSA) is 49.8 Å². The van der Waals surface area contributed by atoms with Gasteiger partial charge in [-0.3, -0.25) is 0 Å². The van der Waals surface area contributed by atoms with Gasteiger partial charge >= 0.3 is 0 Å². The summed E-state index contributed by atoms with van der Waals surface area (Å²) in [6.07, 6.45) is 3.66. The molecule has 4 nitrogen and oxygen atoms in total. The fraction of sp³-hybridized carbons (Fsp3) is 0.556. The molecule has 0 bridgehead atoms. The highest BCUT2D eigenvalue weighted by Gasteiger charge is 2.07. The van der Waals surface area contributed by atoms with Gasteiger partial charge in [0, 0.05) is 18.8 Å². The molecule has 0 radical (unpaired) electrons. The van der Waals surface area contributed by atoms with Gasteiger partial charge in [0.15, 0.2) is 5.82 Å². The molecule has 0 saturated carbocycles. The molecular weight excluding hydrogens is 232 g/mol. The highest BCUT2D eigenvalue weighted by molar-refractivity contribution is 7.98. The van der Waals surface area contributed by atoms with Crippen molar-refractivity contribution in [2.45, 2.75) is 13.0 Å². The normalized spacial score (nSPS) is 12.3. The van der Waals surface area contributed by atoms with Crippen LogP contribution in [0, 0.1) is 0 Å². The molecule has 0 saturated heterocycles. The van der Waals surface area contributed by atoms with Crippen molar-refractivity contribution >= 4 is 35.1 Å². The molecule has 15 heavy (non-hydrogen) atoms. The van der Waals surface area contributed by atoms with Crippen LogP contribution in [0.15, 0.2) is 6.20 Å². The molecule has 0 fully saturated rings. The molecule has 0 aliphatic heterocycles. The van der Waals surface area contributed by atoms with Gasteiger partial charge in [-0.05, 0) is 13.2 Å². The Hall–Kier alpha value is -0.680. The third-order valence-corrected chi connectivity index (χ3v) is 2.88. The van der Waals surface area contributed by atoms with E-state index in [-0.39, 0.29) is 0 Å². The van der Waals surface area contributed by atoms with Crippen LogP contribution in [0.1, 0.15) is 6.92 Å². The minimum Gasteiger partial charge on any atom is -0.365 e. The van der Waals surface area contributed by atoms with E-state index >= 15 is 0 Å². The lowest BCUT2D eigenvalue weighted by Crippen LogP contribution is -2.19. The molecule has 0 amide bonds. The van der Waals surface area contributed by atoms with Gasteiger partial charge in [0.1, 0.15) is 5.02 Å². The first-order valence-corrected chi connectivity index (χ1v) is 6.40. The molecule has 84 valence electrons. The van der Waals surface area contributed by atoms with E-state index in [0.717, 1.165) is 5.75 Å². The van der Waals surface area contributed by atoms with Crippen LogP contribution < -0.4 is 10.6 Å². The number of hydrogen-bond acceptors (Lipinski definition) is 5. The predicted octanol–water partition coefficient (Wildman–Crippen LogP) is 2.34. The summed E-state index contributed by atoms with van der Waals surface area (Å²) in [5.41, 5.74) is 0. The number of halogens is 1. The maximum atomic E-state index is 5.98. The third kappa shape index (κ3) is 3.76. The Kier molecular flexibility index (Phi) is 4.98. The van der Waals surface area contributed by atoms with Crippen molar-refractivity contribution in [3.05, 3.63) is 11.2 Å². The van der Waals surface area contributed by atoms with Crippen LogP contribution in [0.5, 0.6) is 0 Å². The number of rotatable bonds is 5. The standard InChI is InChI=1S/C9H15ClN4S/c1-6(5-15-3)13-8-7(10)4-12-9(11-2)14-8/h4,6H,5H2,1-3H3,(H2,11,12,13,14). The molecule has 6 heteroatoms. The van der Waals surface area contributed by atoms with Crippen molar-refractivity contribution in [3.63, 3.8) is 0 Å². The van der Waals surface area contributed by atoms with Crippen LogP contribution in [0.25, 0.3) is 0 Å². The second-order valence-corrected chi connectivity index (χ2v) is 4.46. The summed E-state index contributed by atoms with van der Waals surface area (Å²) in [4.78, 5) is 8.25. The molecular formula is C9H15ClN4S. The van der Waals surface area contributed by atoms with Crippen LogP contribution in [0.3, 0.4) is 0 Å². The highest BCUT2D eigenvalue weighted by atomic mass is 35.5. The first-order chi connectivity index (χ1) is 7.17. The van der Waals surface area contributed by atoms with Crippen LogP contribution in [0.4, 0.5) is 11.8 Å². The molecule has 0 aromatic carbocycles. The van der Waals surface area contributed by atoms with Crippen LogP contribution in [-0.2, 0) is 0 Å². The minimum absolute atomic E-state index is 0.331. The molecule has 2 N–H and O–H groups in total. The summed E-state index contributed by atoms with van der Waals surface area (Å²) >= 11 is 7.76. The Morgan fingerprint density at radius 1 is 1.60 bits per heavy atom. The predicted molar refractivity (Wildman–Crippen MR) is 68.1 cm³/mol. The van der Waals surface area contributed by atoms with Gasteiger partial charge in [-0.15, -0.1) is 0 Å². The first-order valence-electron chi connectivity index (χ1n) is 4.63. The average molecular weight is 247 g/mol. The Bertz CT molecular complexity index is 321. The second-order valence-electron chi connectivity index (χ2n) is 3.14. The van der Waals surface area contributed by atoms with Crippen molar-refractivity contribution in [3.8, 4) is 0 Å². The molecule has 1 heterocycles. The lowest BCUT2D eigenvalue weighted by molar-refractivity contribution is 0.900. The smallest absolute Gasteiger partial charge is 0.224 e. The van der Waals surface area contributed by atoms with Gasteiger partial charge in [0.2, 0.25) is 5.95 Å². The summed E-state index contributed by atoms with van der Waals surface area (Å²) < 4.78 is 0. The van der Waals surface area contributed by atoms with Crippen molar-refractivity contribution in [2.24, 2.45) is 0 Å². The van der Waals surface area contributed by atoms with Gasteiger partial charge in [0.05, 0.1) is 6.20 Å². The van der Waals surface area contributed by atoms with Gasteiger partial charge in [-0.25, -0.2) is 4.98 Å². The minimum atomic E-state index is 0.331. The van der Waals surface area contributed by atoms with Crippen molar-refractivity contribution in [1.29, 1.82) is 0 Å². The van der Waals surface area contributed by atoms with Crippen molar-refractivity contribution in [1.82, 2.24) is 9.97 Å². The first kappa shape index (κ1) is 12.4. The molecule has 1 atom stereocenters. The monoisotopic (exact) mass is 246 g/mol. The van der Waals surface area contributed by atoms with E-state index in [1.54, 1.807) is 25.0 Å². The SMILES string of the molecule is CNc1ncc(Cl)c(NC(C)CSC)n1. The van der Waals surface area contributed by atoms with E-state index in [0.29, 0.717) is 22.8 Å². The van der Waals surface area contributed by atoms with E-state index in [1.165, 1.54) is 0 Å². The zero-order valence-corrected chi connectivity index (χ0v) is 10.6. The zero-order valence-electron chi connectivity index (χ0n) is 9.04. The van der Waals surface area contributed by atoms with Crippen molar-refractivity contribution < 1.29 is 0 Å². The van der Waals surface area contributed by atoms with E-state index in [9.17, 15) is 0 Å². The molecule has 1 rings (SSSR count). The lowest BCUT2D eigenvalue weighted by atomic mass is 10.4. The number of hydrogen-bond donors (Lipinski definition) is 2. The van der Waals surface area contributed by atoms with Crippen LogP contribution in [0.2, 0.25) is 5.02 Å². The fourth-order valence-electron chi connectivity index (χ4n) is 1.11. The highest BCUT2D eigenvalue weighted by Crippen LogP contribution is 2.20. The Labute approximate surface area is 99.2 Å². The number of anilines is 2. The molecule has 1 aromatic rings. The maximum absolute atomic E-state index is 5.98. The number of nitrogens with one attached hydrogen (secondary N) is 2. The van der Waals surface area contributed by atoms with E-state index in [1.807, 2.05) is 0 Å². The summed E-state index contributed by atoms with van der Waals surface area (Å²) in [6, 6.07) is 0.331. The van der Waals surface area contributed by atoms with Gasteiger partial charge in [-0.1, -0.05) is 11.6 Å². The Morgan fingerprint density at radius 2 is 2.33 bits per heavy atom. The fourth-order valence-corrected chi connectivity index (χ4v) is 1.84. The molecule has 0 aliphatic carbocycles. The van der Waals surface area contributed by atoms with Gasteiger partial charge in [-0.2, -0.15) is 16.7 Å². The number of thioether (sulfide) groups is 1. The van der Waals surface area contributed by atoms with Crippen LogP contribution in [-0.4, -0.2) is 35.1 Å². The average Bonchev–Trinajstić information content (AvgIpc) is 2.21. The third-order valence-electron chi connectivity index (χ3n) is 1.77. The summed E-state index contributed by atoms with van der Waals surface area (Å²) in [5.74, 6) is 2.26. The maximum Gasteiger partial charge on any atom is 0.224 e. The van der Waals surface area contributed by atoms with Gasteiger partial charge < -0.3 is 10.6 Å². The summed E-state index contributed by atoms with van der Waals surface area (Å²) in [6.45, 7) is 2.09. The van der Waals surface area contributed by atoms with E-state index < -0.39 is 0 Å². The molecule has 0 aliphatic rings. The summed E-state index contributed by atoms with van der Waals surface area (Å²) in [5, 5.41) is 6.66. The van der Waals surface area contributed by atoms with Crippen LogP contribution >= 0.6 is 23.4 Å². The second kappa shape index (κ2) is 6.02.